The number of nitrogens with one attached hydrogen (secondary N) is 1. The summed E-state index contributed by atoms with van der Waals surface area (Å²) in [4.78, 5) is 13.4. The van der Waals surface area contributed by atoms with Crippen molar-refractivity contribution in [2.24, 2.45) is 10.9 Å². The fourth-order valence-corrected chi connectivity index (χ4v) is 5.37. The number of fused-ring (bicyclic) bond motifs is 3. The number of hydrogen-bond donors (Lipinski definition) is 1. The molecular formula is C18H21N3OS. The number of aryl methyl sites for hydroxylation is 1. The summed E-state index contributed by atoms with van der Waals surface area (Å²) in [6.45, 7) is 5.67. The van der Waals surface area contributed by atoms with Gasteiger partial charge in [-0.2, -0.15) is 0 Å². The number of thiophene rings is 1. The number of amidine groups is 1. The fourth-order valence-electron chi connectivity index (χ4n) is 4.39. The van der Waals surface area contributed by atoms with Gasteiger partial charge < -0.3 is 4.90 Å². The van der Waals surface area contributed by atoms with E-state index in [0.29, 0.717) is 5.92 Å². The molecule has 6 rings (SSSR count). The first kappa shape index (κ1) is 14.0. The number of hydrogen-bond acceptors (Lipinski definition) is 4. The summed E-state index contributed by atoms with van der Waals surface area (Å²) in [6, 6.07) is 6.47. The van der Waals surface area contributed by atoms with Crippen LogP contribution in [0.2, 0.25) is 0 Å². The highest BCUT2D eigenvalue weighted by Gasteiger charge is 2.52. The van der Waals surface area contributed by atoms with Crippen molar-refractivity contribution in [2.45, 2.75) is 31.8 Å². The number of aliphatic imine (C=N–C) groups is 1. The smallest absolute Gasteiger partial charge is 0.129 e. The van der Waals surface area contributed by atoms with Crippen molar-refractivity contribution in [1.82, 2.24) is 10.4 Å². The van der Waals surface area contributed by atoms with Crippen LogP contribution in [0, 0.1) is 12.8 Å². The van der Waals surface area contributed by atoms with Crippen LogP contribution in [0.4, 0.5) is 5.69 Å². The molecule has 4 nitrogen and oxygen atoms in total. The van der Waals surface area contributed by atoms with Crippen LogP contribution in [0.1, 0.15) is 24.8 Å². The van der Waals surface area contributed by atoms with Crippen molar-refractivity contribution in [3.63, 3.8) is 0 Å². The van der Waals surface area contributed by atoms with Gasteiger partial charge in [0.15, 0.2) is 0 Å². The molecule has 5 heterocycles. The Kier molecular flexibility index (Phi) is 3.05. The third kappa shape index (κ3) is 2.22. The molecular weight excluding hydrogens is 306 g/mol. The fraction of sp³-hybridized carbons (Fsp3) is 0.500. The van der Waals surface area contributed by atoms with Crippen LogP contribution in [0.5, 0.6) is 0 Å². The molecule has 23 heavy (non-hydrogen) atoms. The molecule has 4 aliphatic heterocycles. The Bertz CT molecular complexity index is 791. The molecule has 1 unspecified atom stereocenters. The maximum absolute atomic E-state index is 6.07. The molecule has 4 saturated heterocycles. The molecule has 1 spiro atoms. The van der Waals surface area contributed by atoms with Gasteiger partial charge in [0.2, 0.25) is 0 Å². The summed E-state index contributed by atoms with van der Waals surface area (Å²) in [6.07, 6.45) is 3.43. The van der Waals surface area contributed by atoms with E-state index < -0.39 is 0 Å². The predicted octanol–water partition coefficient (Wildman–Crippen LogP) is 3.63. The molecule has 1 aromatic carbocycles. The Labute approximate surface area is 140 Å². The van der Waals surface area contributed by atoms with Gasteiger partial charge in [-0.3, -0.25) is 10.3 Å². The minimum atomic E-state index is -0.0427. The maximum Gasteiger partial charge on any atom is 0.129 e. The summed E-state index contributed by atoms with van der Waals surface area (Å²) < 4.78 is 1.31. The van der Waals surface area contributed by atoms with E-state index in [1.807, 2.05) is 0 Å². The van der Waals surface area contributed by atoms with Gasteiger partial charge in [0.1, 0.15) is 11.4 Å². The Morgan fingerprint density at radius 2 is 2.22 bits per heavy atom. The number of nitrogens with zero attached hydrogens (tertiary/aromatic N) is 2. The van der Waals surface area contributed by atoms with E-state index in [1.165, 1.54) is 41.6 Å². The largest absolute Gasteiger partial charge is 0.300 e. The van der Waals surface area contributed by atoms with Crippen LogP contribution in [-0.2, 0) is 4.84 Å². The lowest BCUT2D eigenvalue weighted by Gasteiger charge is -2.49. The first-order chi connectivity index (χ1) is 11.2. The predicted molar refractivity (Wildman–Crippen MR) is 94.4 cm³/mol. The summed E-state index contributed by atoms with van der Waals surface area (Å²) in [5, 5.41) is 3.55. The third-order valence-corrected chi connectivity index (χ3v) is 6.74. The molecule has 0 radical (unpaired) electrons. The highest BCUT2D eigenvalue weighted by molar-refractivity contribution is 7.17. The summed E-state index contributed by atoms with van der Waals surface area (Å²) >= 11 is 1.79. The van der Waals surface area contributed by atoms with Gasteiger partial charge in [0.05, 0.1) is 5.69 Å². The molecule has 0 aliphatic carbocycles. The maximum atomic E-state index is 6.07. The second-order valence-corrected chi connectivity index (χ2v) is 8.07. The van der Waals surface area contributed by atoms with E-state index >= 15 is 0 Å². The average molecular weight is 327 g/mol. The molecule has 1 N–H and O–H groups in total. The normalized spacial score (nSPS) is 34.6. The Hall–Kier alpha value is -1.43. The van der Waals surface area contributed by atoms with Crippen molar-refractivity contribution >= 4 is 32.9 Å². The molecule has 0 amide bonds. The van der Waals surface area contributed by atoms with Crippen LogP contribution in [-0.4, -0.2) is 36.0 Å². The second kappa shape index (κ2) is 5.03. The summed E-state index contributed by atoms with van der Waals surface area (Å²) in [7, 11) is 0. The second-order valence-electron chi connectivity index (χ2n) is 7.15. The van der Waals surface area contributed by atoms with Crippen molar-refractivity contribution in [3.05, 3.63) is 29.1 Å². The first-order valence-corrected chi connectivity index (χ1v) is 9.32. The lowest BCUT2D eigenvalue weighted by atomic mass is 9.74. The summed E-state index contributed by atoms with van der Waals surface area (Å²) in [5.41, 5.74) is 5.45. The number of piperidine rings is 3. The van der Waals surface area contributed by atoms with Crippen LogP contribution < -0.4 is 5.48 Å². The Morgan fingerprint density at radius 3 is 3.00 bits per heavy atom. The number of benzene rings is 1. The summed E-state index contributed by atoms with van der Waals surface area (Å²) in [5.74, 6) is 1.65. The number of hydroxylamine groups is 1. The minimum absolute atomic E-state index is 0.0427. The van der Waals surface area contributed by atoms with Gasteiger partial charge in [-0.1, -0.05) is 6.07 Å². The topological polar surface area (TPSA) is 36.9 Å². The van der Waals surface area contributed by atoms with E-state index in [4.69, 9.17) is 9.83 Å². The Morgan fingerprint density at radius 1 is 1.35 bits per heavy atom. The van der Waals surface area contributed by atoms with E-state index in [0.717, 1.165) is 24.5 Å². The van der Waals surface area contributed by atoms with Gasteiger partial charge in [-0.05, 0) is 67.2 Å². The molecule has 2 bridgehead atoms. The van der Waals surface area contributed by atoms with Crippen LogP contribution in [0.3, 0.4) is 0 Å². The molecule has 5 heteroatoms. The van der Waals surface area contributed by atoms with Crippen molar-refractivity contribution in [3.8, 4) is 0 Å². The standard InChI is InChI=1S/C18H21N3OS/c1-12-10-23-16-8-14(2-3-15(12)16)19-17-9-18(22-20-17)11-21-6-4-13(18)5-7-21/h2-3,8,10,13H,4-7,9,11H2,1H3,(H,19,20). The molecule has 0 saturated carbocycles. The van der Waals surface area contributed by atoms with Gasteiger partial charge in [0.25, 0.3) is 0 Å². The molecule has 2 aromatic rings. The van der Waals surface area contributed by atoms with Crippen LogP contribution in [0.25, 0.3) is 10.1 Å². The first-order valence-electron chi connectivity index (χ1n) is 8.44. The highest BCUT2D eigenvalue weighted by atomic mass is 32.1. The third-order valence-electron chi connectivity index (χ3n) is 5.68. The van der Waals surface area contributed by atoms with Crippen molar-refractivity contribution in [1.29, 1.82) is 0 Å². The molecule has 1 aromatic heterocycles. The zero-order valence-electron chi connectivity index (χ0n) is 13.3. The average Bonchev–Trinajstić information content (AvgIpc) is 3.13. The highest BCUT2D eigenvalue weighted by Crippen LogP contribution is 2.42. The SMILES string of the molecule is Cc1csc2cc(N=C3CC4(CN5CCC4CC5)ON3)ccc12. The molecule has 4 aliphatic rings. The lowest BCUT2D eigenvalue weighted by molar-refractivity contribution is -0.150. The van der Waals surface area contributed by atoms with Crippen molar-refractivity contribution in [2.75, 3.05) is 19.6 Å². The monoisotopic (exact) mass is 327 g/mol. The molecule has 4 fully saturated rings. The van der Waals surface area contributed by atoms with E-state index in [9.17, 15) is 0 Å². The van der Waals surface area contributed by atoms with Crippen molar-refractivity contribution < 1.29 is 4.84 Å². The van der Waals surface area contributed by atoms with E-state index in [-0.39, 0.29) is 5.60 Å². The zero-order chi connectivity index (χ0) is 15.4. The van der Waals surface area contributed by atoms with Crippen LogP contribution in [0.15, 0.2) is 28.6 Å². The number of rotatable bonds is 1. The quantitative estimate of drug-likeness (QED) is 0.869. The van der Waals surface area contributed by atoms with Gasteiger partial charge >= 0.3 is 0 Å². The lowest BCUT2D eigenvalue weighted by Crippen LogP contribution is -2.59. The molecule has 120 valence electrons. The van der Waals surface area contributed by atoms with E-state index in [1.54, 1.807) is 11.3 Å². The van der Waals surface area contributed by atoms with Crippen LogP contribution >= 0.6 is 11.3 Å². The van der Waals surface area contributed by atoms with Gasteiger partial charge in [0, 0.05) is 17.7 Å². The van der Waals surface area contributed by atoms with E-state index in [2.05, 4.69) is 40.9 Å². The zero-order valence-corrected chi connectivity index (χ0v) is 14.2. The Balaban J connectivity index is 1.42. The van der Waals surface area contributed by atoms with Gasteiger partial charge in [-0.15, -0.1) is 11.3 Å². The minimum Gasteiger partial charge on any atom is -0.300 e. The van der Waals surface area contributed by atoms with Gasteiger partial charge in [-0.25, -0.2) is 4.99 Å². The molecule has 1 atom stereocenters.